The number of carbonyl (C=O) groups excluding carboxylic acids is 1. The summed E-state index contributed by atoms with van der Waals surface area (Å²) in [6.07, 6.45) is -0.522. The molecule has 1 fully saturated rings. The molecule has 1 aromatic carbocycles. The molecule has 1 saturated heterocycles. The standard InChI is InChI=1S/C15H22N2O3/c1-14(2,3)20-13(18)17-12(15(19)9-16-10-15)11-7-5-4-6-8-11/h4-8,12,16,19H,9-10H2,1-3H3,(H,17,18). The van der Waals surface area contributed by atoms with Gasteiger partial charge in [-0.3, -0.25) is 0 Å². The van der Waals surface area contributed by atoms with Gasteiger partial charge >= 0.3 is 6.09 Å². The van der Waals surface area contributed by atoms with E-state index in [0.717, 1.165) is 5.56 Å². The summed E-state index contributed by atoms with van der Waals surface area (Å²) in [7, 11) is 0. The summed E-state index contributed by atoms with van der Waals surface area (Å²) in [5, 5.41) is 16.4. The van der Waals surface area contributed by atoms with Gasteiger partial charge in [-0.25, -0.2) is 4.79 Å². The predicted molar refractivity (Wildman–Crippen MR) is 76.4 cm³/mol. The van der Waals surface area contributed by atoms with E-state index in [1.165, 1.54) is 0 Å². The average Bonchev–Trinajstić information content (AvgIpc) is 2.32. The Morgan fingerprint density at radius 2 is 1.95 bits per heavy atom. The summed E-state index contributed by atoms with van der Waals surface area (Å²) in [5.41, 5.74) is -0.674. The molecule has 2 rings (SSSR count). The molecule has 110 valence electrons. The first kappa shape index (κ1) is 14.8. The number of nitrogens with one attached hydrogen (secondary N) is 2. The summed E-state index contributed by atoms with van der Waals surface area (Å²) in [6.45, 7) is 6.32. The second kappa shape index (κ2) is 5.42. The van der Waals surface area contributed by atoms with Gasteiger partial charge in [0, 0.05) is 13.1 Å². The van der Waals surface area contributed by atoms with Crippen LogP contribution in [0.1, 0.15) is 32.4 Å². The number of aliphatic hydroxyl groups is 1. The molecule has 1 aliphatic heterocycles. The van der Waals surface area contributed by atoms with E-state index in [1.807, 2.05) is 51.1 Å². The number of benzene rings is 1. The maximum atomic E-state index is 12.0. The van der Waals surface area contributed by atoms with Crippen LogP contribution in [0.5, 0.6) is 0 Å². The van der Waals surface area contributed by atoms with Gasteiger partial charge in [0.15, 0.2) is 0 Å². The van der Waals surface area contributed by atoms with Crippen molar-refractivity contribution in [2.24, 2.45) is 0 Å². The molecule has 5 heteroatoms. The van der Waals surface area contributed by atoms with E-state index in [2.05, 4.69) is 10.6 Å². The second-order valence-electron chi connectivity index (χ2n) is 6.20. The molecular formula is C15H22N2O3. The van der Waals surface area contributed by atoms with E-state index in [1.54, 1.807) is 0 Å². The first-order valence-electron chi connectivity index (χ1n) is 6.78. The van der Waals surface area contributed by atoms with Crippen molar-refractivity contribution >= 4 is 6.09 Å². The van der Waals surface area contributed by atoms with Crippen molar-refractivity contribution in [1.29, 1.82) is 0 Å². The van der Waals surface area contributed by atoms with Crippen molar-refractivity contribution < 1.29 is 14.6 Å². The number of hydrogen-bond donors (Lipinski definition) is 3. The smallest absolute Gasteiger partial charge is 0.408 e. The van der Waals surface area contributed by atoms with Crippen LogP contribution >= 0.6 is 0 Å². The molecule has 1 amide bonds. The quantitative estimate of drug-likeness (QED) is 0.785. The van der Waals surface area contributed by atoms with Crippen LogP contribution in [0.25, 0.3) is 0 Å². The van der Waals surface area contributed by atoms with Crippen molar-refractivity contribution in [3.8, 4) is 0 Å². The number of ether oxygens (including phenoxy) is 1. The molecule has 20 heavy (non-hydrogen) atoms. The zero-order chi connectivity index (χ0) is 14.8. The lowest BCUT2D eigenvalue weighted by atomic mass is 9.84. The van der Waals surface area contributed by atoms with Gasteiger partial charge in [-0.1, -0.05) is 30.3 Å². The third-order valence-electron chi connectivity index (χ3n) is 3.19. The number of rotatable bonds is 3. The highest BCUT2D eigenvalue weighted by Gasteiger charge is 2.44. The molecular weight excluding hydrogens is 256 g/mol. The SMILES string of the molecule is CC(C)(C)OC(=O)NC(c1ccccc1)C1(O)CNC1. The van der Waals surface area contributed by atoms with Crippen LogP contribution in [-0.4, -0.2) is 35.5 Å². The average molecular weight is 278 g/mol. The van der Waals surface area contributed by atoms with Gasteiger partial charge in [0.05, 0.1) is 6.04 Å². The minimum atomic E-state index is -0.974. The molecule has 1 aliphatic rings. The first-order valence-corrected chi connectivity index (χ1v) is 6.78. The summed E-state index contributed by atoms with van der Waals surface area (Å²) >= 11 is 0. The van der Waals surface area contributed by atoms with Crippen molar-refractivity contribution in [2.75, 3.05) is 13.1 Å². The Bertz CT molecular complexity index is 464. The molecule has 0 radical (unpaired) electrons. The van der Waals surface area contributed by atoms with Gasteiger partial charge in [0.2, 0.25) is 0 Å². The molecule has 1 heterocycles. The highest BCUT2D eigenvalue weighted by atomic mass is 16.6. The van der Waals surface area contributed by atoms with E-state index in [4.69, 9.17) is 4.74 Å². The van der Waals surface area contributed by atoms with Crippen LogP contribution in [0.4, 0.5) is 4.79 Å². The number of hydrogen-bond acceptors (Lipinski definition) is 4. The lowest BCUT2D eigenvalue weighted by Crippen LogP contribution is -2.66. The van der Waals surface area contributed by atoms with Gasteiger partial charge in [-0.2, -0.15) is 0 Å². The van der Waals surface area contributed by atoms with Gasteiger partial charge in [-0.05, 0) is 26.3 Å². The highest BCUT2D eigenvalue weighted by Crippen LogP contribution is 2.29. The topological polar surface area (TPSA) is 70.6 Å². The minimum absolute atomic E-state index is 0.447. The highest BCUT2D eigenvalue weighted by molar-refractivity contribution is 5.68. The summed E-state index contributed by atoms with van der Waals surface area (Å²) < 4.78 is 5.27. The van der Waals surface area contributed by atoms with Gasteiger partial charge in [0.25, 0.3) is 0 Å². The third-order valence-corrected chi connectivity index (χ3v) is 3.19. The lowest BCUT2D eigenvalue weighted by Gasteiger charge is -2.44. The molecule has 3 N–H and O–H groups in total. The van der Waals surface area contributed by atoms with Gasteiger partial charge in [0.1, 0.15) is 11.2 Å². The van der Waals surface area contributed by atoms with E-state index in [0.29, 0.717) is 13.1 Å². The second-order valence-corrected chi connectivity index (χ2v) is 6.20. The van der Waals surface area contributed by atoms with Crippen LogP contribution in [0, 0.1) is 0 Å². The molecule has 1 aromatic rings. The van der Waals surface area contributed by atoms with Gasteiger partial charge in [-0.15, -0.1) is 0 Å². The van der Waals surface area contributed by atoms with Crippen molar-refractivity contribution in [2.45, 2.75) is 38.0 Å². The largest absolute Gasteiger partial charge is 0.444 e. The predicted octanol–water partition coefficient (Wildman–Crippen LogP) is 1.59. The third kappa shape index (κ3) is 3.49. The first-order chi connectivity index (χ1) is 9.30. The van der Waals surface area contributed by atoms with Crippen LogP contribution in [-0.2, 0) is 4.74 Å². The molecule has 0 saturated carbocycles. The van der Waals surface area contributed by atoms with Crippen LogP contribution in [0.2, 0.25) is 0 Å². The Hall–Kier alpha value is -1.59. The molecule has 1 unspecified atom stereocenters. The maximum absolute atomic E-state index is 12.0. The molecule has 0 bridgehead atoms. The number of β-amino-alcohol motifs (C(OH)–C–C–N with tert-alkyl or cyclic N) is 1. The Balaban J connectivity index is 2.14. The van der Waals surface area contributed by atoms with Crippen LogP contribution in [0.3, 0.4) is 0 Å². The molecule has 1 atom stereocenters. The van der Waals surface area contributed by atoms with Gasteiger partial charge < -0.3 is 20.5 Å². The molecule has 0 spiro atoms. The lowest BCUT2D eigenvalue weighted by molar-refractivity contribution is -0.0469. The summed E-state index contributed by atoms with van der Waals surface area (Å²) in [4.78, 5) is 12.0. The number of alkyl carbamates (subject to hydrolysis) is 1. The number of amides is 1. The van der Waals surface area contributed by atoms with Crippen molar-refractivity contribution in [3.63, 3.8) is 0 Å². The van der Waals surface area contributed by atoms with Crippen LogP contribution in [0.15, 0.2) is 30.3 Å². The Morgan fingerprint density at radius 3 is 2.40 bits per heavy atom. The maximum Gasteiger partial charge on any atom is 0.408 e. The molecule has 5 nitrogen and oxygen atoms in total. The monoisotopic (exact) mass is 278 g/mol. The zero-order valence-electron chi connectivity index (χ0n) is 12.1. The molecule has 0 aromatic heterocycles. The van der Waals surface area contributed by atoms with Crippen LogP contribution < -0.4 is 10.6 Å². The van der Waals surface area contributed by atoms with E-state index >= 15 is 0 Å². The Labute approximate surface area is 119 Å². The summed E-state index contributed by atoms with van der Waals surface area (Å²) in [5.74, 6) is 0. The fourth-order valence-corrected chi connectivity index (χ4v) is 2.18. The van der Waals surface area contributed by atoms with E-state index in [-0.39, 0.29) is 0 Å². The van der Waals surface area contributed by atoms with E-state index < -0.39 is 23.3 Å². The van der Waals surface area contributed by atoms with Crippen molar-refractivity contribution in [3.05, 3.63) is 35.9 Å². The Kier molecular flexibility index (Phi) is 4.01. The fraction of sp³-hybridized carbons (Fsp3) is 0.533. The zero-order valence-corrected chi connectivity index (χ0v) is 12.1. The summed E-state index contributed by atoms with van der Waals surface area (Å²) in [6, 6.07) is 8.96. The minimum Gasteiger partial charge on any atom is -0.444 e. The normalized spacial score (nSPS) is 18.8. The van der Waals surface area contributed by atoms with Crippen molar-refractivity contribution in [1.82, 2.24) is 10.6 Å². The molecule has 0 aliphatic carbocycles. The fourth-order valence-electron chi connectivity index (χ4n) is 2.18. The van der Waals surface area contributed by atoms with E-state index in [9.17, 15) is 9.90 Å². The number of carbonyl (C=O) groups is 1. The Morgan fingerprint density at radius 1 is 1.35 bits per heavy atom.